The molecule has 0 saturated carbocycles. The molecule has 48 heavy (non-hydrogen) atoms. The Labute approximate surface area is 271 Å². The number of amides is 3. The number of carbonyl (C=O) groups is 3. The SMILES string of the molecule is Nc1nc(C(=O)N2CCC(C(=O)NO)(S(=O)(=O)c3ccc(Oc4ccc(OC(F)(F)F)cc4)cc3)CC2)c(N)nc1C(=O)N1CCCC1. The van der Waals surface area contributed by atoms with Gasteiger partial charge in [0.05, 0.1) is 4.90 Å². The number of nitrogens with one attached hydrogen (secondary N) is 1. The molecule has 2 aliphatic heterocycles. The summed E-state index contributed by atoms with van der Waals surface area (Å²) in [5.74, 6) is -3.25. The van der Waals surface area contributed by atoms with Gasteiger partial charge >= 0.3 is 6.36 Å². The van der Waals surface area contributed by atoms with Crippen LogP contribution in [-0.4, -0.2) is 88.4 Å². The van der Waals surface area contributed by atoms with Crippen molar-refractivity contribution in [2.45, 2.75) is 41.7 Å². The summed E-state index contributed by atoms with van der Waals surface area (Å²) in [4.78, 5) is 49.6. The van der Waals surface area contributed by atoms with E-state index >= 15 is 0 Å². The van der Waals surface area contributed by atoms with Gasteiger partial charge in [0.1, 0.15) is 17.2 Å². The molecular formula is C29H30F3N7O8S. The van der Waals surface area contributed by atoms with Gasteiger partial charge in [-0.15, -0.1) is 13.2 Å². The second kappa shape index (κ2) is 13.1. The number of aromatic nitrogens is 2. The number of nitrogens with zero attached hydrogens (tertiary/aromatic N) is 4. The fraction of sp³-hybridized carbons (Fsp3) is 0.345. The van der Waals surface area contributed by atoms with Gasteiger partial charge in [-0.05, 0) is 74.2 Å². The first-order valence-electron chi connectivity index (χ1n) is 14.5. The minimum atomic E-state index is -4.86. The maximum absolute atomic E-state index is 13.9. The topological polar surface area (TPSA) is 220 Å². The van der Waals surface area contributed by atoms with Gasteiger partial charge in [-0.3, -0.25) is 19.6 Å². The van der Waals surface area contributed by atoms with E-state index in [4.69, 9.17) is 16.2 Å². The van der Waals surface area contributed by atoms with Crippen LogP contribution in [-0.2, 0) is 14.6 Å². The summed E-state index contributed by atoms with van der Waals surface area (Å²) < 4.78 is 72.1. The molecule has 5 rings (SSSR count). The Balaban J connectivity index is 1.30. The van der Waals surface area contributed by atoms with Crippen LogP contribution in [0.25, 0.3) is 0 Å². The summed E-state index contributed by atoms with van der Waals surface area (Å²) in [7, 11) is -4.50. The second-order valence-corrected chi connectivity index (χ2v) is 13.3. The highest BCUT2D eigenvalue weighted by molar-refractivity contribution is 7.93. The maximum atomic E-state index is 13.9. The Morgan fingerprint density at radius 3 is 1.69 bits per heavy atom. The third kappa shape index (κ3) is 6.77. The third-order valence-electron chi connectivity index (χ3n) is 8.06. The van der Waals surface area contributed by atoms with Crippen LogP contribution in [0.5, 0.6) is 17.2 Å². The molecule has 2 fully saturated rings. The second-order valence-electron chi connectivity index (χ2n) is 11.0. The van der Waals surface area contributed by atoms with Crippen molar-refractivity contribution in [1.82, 2.24) is 25.2 Å². The lowest BCUT2D eigenvalue weighted by Crippen LogP contribution is -2.58. The monoisotopic (exact) mass is 693 g/mol. The average molecular weight is 694 g/mol. The fourth-order valence-corrected chi connectivity index (χ4v) is 7.50. The number of alkyl halides is 3. The average Bonchev–Trinajstić information content (AvgIpc) is 3.60. The van der Waals surface area contributed by atoms with E-state index in [1.807, 2.05) is 0 Å². The molecule has 0 bridgehead atoms. The van der Waals surface area contributed by atoms with E-state index in [0.29, 0.717) is 13.1 Å². The van der Waals surface area contributed by atoms with Gasteiger partial charge < -0.3 is 30.7 Å². The predicted molar refractivity (Wildman–Crippen MR) is 161 cm³/mol. The summed E-state index contributed by atoms with van der Waals surface area (Å²) in [6.45, 7) is 0.520. The number of halogens is 3. The van der Waals surface area contributed by atoms with E-state index in [1.165, 1.54) is 46.8 Å². The van der Waals surface area contributed by atoms with Crippen LogP contribution in [0.15, 0.2) is 53.4 Å². The molecule has 3 amide bonds. The normalized spacial score (nSPS) is 16.3. The lowest BCUT2D eigenvalue weighted by molar-refractivity contribution is -0.274. The molecular weight excluding hydrogens is 663 g/mol. The van der Waals surface area contributed by atoms with Gasteiger partial charge in [0.2, 0.25) is 0 Å². The number of hydrogen-bond acceptors (Lipinski definition) is 12. The zero-order valence-electron chi connectivity index (χ0n) is 25.1. The molecule has 0 aliphatic carbocycles. The van der Waals surface area contributed by atoms with Gasteiger partial charge in [0.15, 0.2) is 37.6 Å². The smallest absolute Gasteiger partial charge is 0.457 e. The van der Waals surface area contributed by atoms with Crippen LogP contribution in [0.3, 0.4) is 0 Å². The van der Waals surface area contributed by atoms with Crippen molar-refractivity contribution in [2.24, 2.45) is 0 Å². The Morgan fingerprint density at radius 1 is 0.792 bits per heavy atom. The van der Waals surface area contributed by atoms with Crippen LogP contribution >= 0.6 is 0 Å². The van der Waals surface area contributed by atoms with Crippen LogP contribution in [0.2, 0.25) is 0 Å². The molecule has 3 heterocycles. The number of rotatable bonds is 8. The van der Waals surface area contributed by atoms with E-state index < -0.39 is 57.3 Å². The van der Waals surface area contributed by atoms with E-state index in [9.17, 15) is 41.2 Å². The lowest BCUT2D eigenvalue weighted by atomic mass is 9.94. The molecule has 19 heteroatoms. The zero-order chi connectivity index (χ0) is 34.9. The first-order chi connectivity index (χ1) is 22.6. The first kappa shape index (κ1) is 34.2. The number of ether oxygens (including phenoxy) is 2. The lowest BCUT2D eigenvalue weighted by Gasteiger charge is -2.39. The van der Waals surface area contributed by atoms with Crippen LogP contribution in [0.4, 0.5) is 24.8 Å². The molecule has 2 saturated heterocycles. The predicted octanol–water partition coefficient (Wildman–Crippen LogP) is 2.52. The summed E-state index contributed by atoms with van der Waals surface area (Å²) in [5, 5.41) is 9.51. The summed E-state index contributed by atoms with van der Waals surface area (Å²) in [5.41, 5.74) is 12.9. The molecule has 3 aromatic rings. The van der Waals surface area contributed by atoms with E-state index in [0.717, 1.165) is 25.0 Å². The number of anilines is 2. The number of nitrogens with two attached hydrogens (primary N) is 2. The first-order valence-corrected chi connectivity index (χ1v) is 16.0. The number of carbonyl (C=O) groups excluding carboxylic acids is 3. The van der Waals surface area contributed by atoms with Crippen molar-refractivity contribution in [3.63, 3.8) is 0 Å². The molecule has 0 atom stereocenters. The molecule has 2 aliphatic rings. The van der Waals surface area contributed by atoms with Gasteiger partial charge in [0, 0.05) is 26.2 Å². The molecule has 0 spiro atoms. The van der Waals surface area contributed by atoms with Gasteiger partial charge in [-0.2, -0.15) is 0 Å². The number of hydroxylamine groups is 1. The highest BCUT2D eigenvalue weighted by Gasteiger charge is 2.53. The summed E-state index contributed by atoms with van der Waals surface area (Å²) in [6.07, 6.45) is -4.05. The minimum Gasteiger partial charge on any atom is -0.457 e. The number of nitrogen functional groups attached to an aromatic ring is 2. The quantitative estimate of drug-likeness (QED) is 0.198. The van der Waals surface area contributed by atoms with Crippen molar-refractivity contribution in [3.8, 4) is 17.2 Å². The largest absolute Gasteiger partial charge is 0.573 e. The zero-order valence-corrected chi connectivity index (χ0v) is 25.9. The van der Waals surface area contributed by atoms with Crippen molar-refractivity contribution in [2.75, 3.05) is 37.6 Å². The standard InChI is InChI=1S/C29H30F3N7O8S/c30-29(31,32)47-19-5-3-17(4-6-19)46-18-7-9-20(10-8-18)48(44,45)28(27(42)37-43)11-15-39(16-12-28)26(41)22-24(34)35-21(23(33)36-22)25(40)38-13-1-2-14-38/h3-10,43H,1-2,11-16H2,(H2,33,36)(H2,34,35)(H,37,42). The van der Waals surface area contributed by atoms with Crippen molar-refractivity contribution < 1.29 is 50.7 Å². The minimum absolute atomic E-state index is 0.130. The highest BCUT2D eigenvalue weighted by atomic mass is 32.2. The van der Waals surface area contributed by atoms with Gasteiger partial charge in [-0.25, -0.2) is 23.9 Å². The van der Waals surface area contributed by atoms with Gasteiger partial charge in [-0.1, -0.05) is 0 Å². The number of piperidine rings is 1. The van der Waals surface area contributed by atoms with Crippen LogP contribution in [0, 0.1) is 0 Å². The van der Waals surface area contributed by atoms with Crippen LogP contribution < -0.4 is 26.4 Å². The number of benzene rings is 2. The number of sulfone groups is 1. The van der Waals surface area contributed by atoms with Crippen molar-refractivity contribution in [1.29, 1.82) is 0 Å². The Hall–Kier alpha value is -5.17. The fourth-order valence-electron chi connectivity index (χ4n) is 5.54. The molecule has 256 valence electrons. The number of hydrogen-bond donors (Lipinski definition) is 4. The Kier molecular flexibility index (Phi) is 9.36. The van der Waals surface area contributed by atoms with Crippen molar-refractivity contribution >= 4 is 39.2 Å². The summed E-state index contributed by atoms with van der Waals surface area (Å²) in [6, 6.07) is 9.41. The molecule has 0 radical (unpaired) electrons. The van der Waals surface area contributed by atoms with Crippen molar-refractivity contribution in [3.05, 3.63) is 59.9 Å². The summed E-state index contributed by atoms with van der Waals surface area (Å²) >= 11 is 0. The molecule has 0 unspecified atom stereocenters. The number of likely N-dealkylation sites (tertiary alicyclic amines) is 2. The maximum Gasteiger partial charge on any atom is 0.573 e. The Bertz CT molecular complexity index is 1810. The molecule has 2 aromatic carbocycles. The molecule has 6 N–H and O–H groups in total. The van der Waals surface area contributed by atoms with Crippen LogP contribution in [0.1, 0.15) is 46.7 Å². The van der Waals surface area contributed by atoms with Gasteiger partial charge in [0.25, 0.3) is 17.7 Å². The Morgan fingerprint density at radius 2 is 1.23 bits per heavy atom. The third-order valence-corrected chi connectivity index (χ3v) is 10.6. The molecule has 1 aromatic heterocycles. The molecule has 15 nitrogen and oxygen atoms in total. The van der Waals surface area contributed by atoms with E-state index in [1.54, 1.807) is 4.90 Å². The highest BCUT2D eigenvalue weighted by Crippen LogP contribution is 2.37. The van der Waals surface area contributed by atoms with E-state index in [2.05, 4.69) is 14.7 Å². The van der Waals surface area contributed by atoms with E-state index in [-0.39, 0.29) is 52.5 Å².